The number of hydrazone groups is 1. The molecule has 1 aliphatic carbocycles. The largest absolute Gasteiger partial charge is 0.508 e. The number of carbonyl (C=O) groups is 1. The van der Waals surface area contributed by atoms with Gasteiger partial charge in [0.1, 0.15) is 5.75 Å². The summed E-state index contributed by atoms with van der Waals surface area (Å²) < 4.78 is 0. The van der Waals surface area contributed by atoms with Crippen LogP contribution in [0.15, 0.2) is 23.3 Å². The fourth-order valence-electron chi connectivity index (χ4n) is 3.95. The fraction of sp³-hybridized carbons (Fsp3) is 0.400. The molecule has 0 radical (unpaired) electrons. The zero-order valence-corrected chi connectivity index (χ0v) is 15.9. The van der Waals surface area contributed by atoms with Crippen LogP contribution >= 0.6 is 0 Å². The van der Waals surface area contributed by atoms with Crippen LogP contribution < -0.4 is 5.43 Å². The summed E-state index contributed by atoms with van der Waals surface area (Å²) in [6, 6.07) is 4.68. The number of H-pyrrole nitrogens is 1. The van der Waals surface area contributed by atoms with Gasteiger partial charge in [-0.05, 0) is 49.1 Å². The van der Waals surface area contributed by atoms with Crippen molar-refractivity contribution < 1.29 is 20.1 Å². The molecular formula is C20H25N3O4. The molecule has 0 saturated heterocycles. The lowest BCUT2D eigenvalue weighted by atomic mass is 9.79. The number of aromatic nitrogens is 1. The first-order valence-electron chi connectivity index (χ1n) is 8.93. The van der Waals surface area contributed by atoms with Gasteiger partial charge in [-0.3, -0.25) is 5.43 Å². The van der Waals surface area contributed by atoms with Crippen LogP contribution in [0.3, 0.4) is 0 Å². The highest BCUT2D eigenvalue weighted by atomic mass is 16.4. The van der Waals surface area contributed by atoms with E-state index >= 15 is 0 Å². The Labute approximate surface area is 157 Å². The molecule has 1 aromatic carbocycles. The van der Waals surface area contributed by atoms with Crippen LogP contribution in [0.1, 0.15) is 64.7 Å². The summed E-state index contributed by atoms with van der Waals surface area (Å²) in [6.07, 6.45) is 1.53. The molecule has 1 aromatic heterocycles. The maximum absolute atomic E-state index is 11.3. The van der Waals surface area contributed by atoms with Crippen LogP contribution in [0.5, 0.6) is 5.75 Å². The van der Waals surface area contributed by atoms with Crippen LogP contribution in [-0.2, 0) is 5.41 Å². The van der Waals surface area contributed by atoms with E-state index in [9.17, 15) is 20.1 Å². The summed E-state index contributed by atoms with van der Waals surface area (Å²) in [5, 5.41) is 34.3. The lowest BCUT2D eigenvalue weighted by Gasteiger charge is -2.29. The van der Waals surface area contributed by atoms with Crippen LogP contribution in [0.2, 0.25) is 0 Å². The number of aromatic hydroxyl groups is 1. The molecule has 3 atom stereocenters. The van der Waals surface area contributed by atoms with E-state index in [0.29, 0.717) is 23.4 Å². The number of phenolic OH excluding ortho intramolecular Hbond substituents is 1. The molecule has 0 spiro atoms. The van der Waals surface area contributed by atoms with Crippen molar-refractivity contribution in [3.8, 4) is 5.75 Å². The Hall–Kier alpha value is -2.80. The molecule has 144 valence electrons. The second-order valence-corrected chi connectivity index (χ2v) is 7.32. The number of aromatic amines is 1. The Balaban J connectivity index is 1.88. The summed E-state index contributed by atoms with van der Waals surface area (Å²) in [5.74, 6) is -0.809. The summed E-state index contributed by atoms with van der Waals surface area (Å²) in [7, 11) is 0. The molecule has 0 amide bonds. The summed E-state index contributed by atoms with van der Waals surface area (Å²) in [6.45, 7) is 7.41. The highest BCUT2D eigenvalue weighted by Crippen LogP contribution is 2.48. The fourth-order valence-corrected chi connectivity index (χ4v) is 3.95. The van der Waals surface area contributed by atoms with E-state index in [4.69, 9.17) is 0 Å². The van der Waals surface area contributed by atoms with Crippen molar-refractivity contribution in [2.24, 2.45) is 5.10 Å². The second kappa shape index (κ2) is 6.74. The first kappa shape index (κ1) is 19.0. The van der Waals surface area contributed by atoms with Crippen LogP contribution in [0.4, 0.5) is 0 Å². The SMILES string of the molecule is CC[C@@]1(C)c2cc(O)ccc2C(N/N=C/c2[nH]c(C)c(C(=O)O)c2C)C1O. The van der Waals surface area contributed by atoms with Gasteiger partial charge in [0.2, 0.25) is 0 Å². The molecule has 0 bridgehead atoms. The highest BCUT2D eigenvalue weighted by Gasteiger charge is 2.47. The van der Waals surface area contributed by atoms with Crippen molar-refractivity contribution in [2.75, 3.05) is 0 Å². The third kappa shape index (κ3) is 2.98. The van der Waals surface area contributed by atoms with Gasteiger partial charge in [-0.25, -0.2) is 4.79 Å². The number of hydrogen-bond acceptors (Lipinski definition) is 5. The number of nitrogens with zero attached hydrogens (tertiary/aromatic N) is 1. The minimum Gasteiger partial charge on any atom is -0.508 e. The number of aromatic carboxylic acids is 1. The number of aliphatic hydroxyl groups is 1. The molecule has 0 fully saturated rings. The van der Waals surface area contributed by atoms with Gasteiger partial charge < -0.3 is 20.3 Å². The molecule has 0 aliphatic heterocycles. The van der Waals surface area contributed by atoms with E-state index in [1.165, 1.54) is 6.21 Å². The van der Waals surface area contributed by atoms with Gasteiger partial charge in [-0.15, -0.1) is 0 Å². The van der Waals surface area contributed by atoms with E-state index < -0.39 is 23.5 Å². The monoisotopic (exact) mass is 371 g/mol. The molecular weight excluding hydrogens is 346 g/mol. The zero-order valence-electron chi connectivity index (χ0n) is 15.9. The number of fused-ring (bicyclic) bond motifs is 1. The molecule has 2 aromatic rings. The maximum Gasteiger partial charge on any atom is 0.337 e. The molecule has 2 unspecified atom stereocenters. The minimum atomic E-state index is -0.979. The number of carboxylic acids is 1. The molecule has 1 heterocycles. The highest BCUT2D eigenvalue weighted by molar-refractivity contribution is 5.94. The Morgan fingerprint density at radius 3 is 2.70 bits per heavy atom. The summed E-state index contributed by atoms with van der Waals surface area (Å²) in [5.41, 5.74) is 6.35. The van der Waals surface area contributed by atoms with Crippen LogP contribution in [0.25, 0.3) is 0 Å². The summed E-state index contributed by atoms with van der Waals surface area (Å²) >= 11 is 0. The molecule has 1 aliphatic rings. The van der Waals surface area contributed by atoms with E-state index in [1.54, 1.807) is 32.0 Å². The lowest BCUT2D eigenvalue weighted by molar-refractivity contribution is 0.0687. The van der Waals surface area contributed by atoms with Crippen molar-refractivity contribution in [1.82, 2.24) is 10.4 Å². The van der Waals surface area contributed by atoms with Crippen molar-refractivity contribution in [2.45, 2.75) is 51.7 Å². The van der Waals surface area contributed by atoms with Crippen LogP contribution in [-0.4, -0.2) is 38.6 Å². The average molecular weight is 371 g/mol. The number of aliphatic hydroxyl groups excluding tert-OH is 1. The molecule has 0 saturated carbocycles. The Bertz CT molecular complexity index is 918. The van der Waals surface area contributed by atoms with E-state index in [2.05, 4.69) is 15.5 Å². The number of hydrogen-bond donors (Lipinski definition) is 5. The number of nitrogens with one attached hydrogen (secondary N) is 2. The number of carboxylic acid groups (broad SMARTS) is 1. The zero-order chi connectivity index (χ0) is 19.9. The Morgan fingerprint density at radius 2 is 2.11 bits per heavy atom. The van der Waals surface area contributed by atoms with Gasteiger partial charge >= 0.3 is 5.97 Å². The van der Waals surface area contributed by atoms with Crippen molar-refractivity contribution in [1.29, 1.82) is 0 Å². The van der Waals surface area contributed by atoms with Crippen molar-refractivity contribution >= 4 is 12.2 Å². The predicted octanol–water partition coefficient (Wildman–Crippen LogP) is 2.74. The topological polar surface area (TPSA) is 118 Å². The smallest absolute Gasteiger partial charge is 0.337 e. The average Bonchev–Trinajstić information content (AvgIpc) is 3.01. The first-order chi connectivity index (χ1) is 12.7. The molecule has 7 nitrogen and oxygen atoms in total. The van der Waals surface area contributed by atoms with Gasteiger partial charge in [0.15, 0.2) is 0 Å². The number of aryl methyl sites for hydroxylation is 1. The molecule has 27 heavy (non-hydrogen) atoms. The predicted molar refractivity (Wildman–Crippen MR) is 102 cm³/mol. The van der Waals surface area contributed by atoms with Gasteiger partial charge in [0, 0.05) is 11.1 Å². The number of rotatable bonds is 5. The van der Waals surface area contributed by atoms with Gasteiger partial charge in [0.25, 0.3) is 0 Å². The van der Waals surface area contributed by atoms with E-state index in [0.717, 1.165) is 11.1 Å². The Morgan fingerprint density at radius 1 is 1.41 bits per heavy atom. The normalized spacial score (nSPS) is 24.3. The Kier molecular flexibility index (Phi) is 4.73. The molecule has 7 heteroatoms. The van der Waals surface area contributed by atoms with Crippen LogP contribution in [0, 0.1) is 13.8 Å². The first-order valence-corrected chi connectivity index (χ1v) is 8.93. The van der Waals surface area contributed by atoms with Gasteiger partial charge in [0.05, 0.1) is 29.6 Å². The standard InChI is InChI=1S/C20H25N3O4/c1-5-20(4)14-8-12(24)6-7-13(14)17(18(20)25)23-21-9-15-10(2)16(19(26)27)11(3)22-15/h6-9,17-18,22-25H,5H2,1-4H3,(H,26,27)/b21-9+/t17?,18?,20-/m0/s1. The lowest BCUT2D eigenvalue weighted by Crippen LogP contribution is -2.37. The molecule has 5 N–H and O–H groups in total. The van der Waals surface area contributed by atoms with Gasteiger partial charge in [-0.2, -0.15) is 5.10 Å². The third-order valence-corrected chi connectivity index (χ3v) is 5.79. The number of phenols is 1. The summed E-state index contributed by atoms with van der Waals surface area (Å²) in [4.78, 5) is 14.3. The van der Waals surface area contributed by atoms with E-state index in [1.807, 2.05) is 13.8 Å². The third-order valence-electron chi connectivity index (χ3n) is 5.79. The maximum atomic E-state index is 11.3. The minimum absolute atomic E-state index is 0.170. The van der Waals surface area contributed by atoms with E-state index in [-0.39, 0.29) is 11.3 Å². The second-order valence-electron chi connectivity index (χ2n) is 7.32. The van der Waals surface area contributed by atoms with Crippen molar-refractivity contribution in [3.05, 3.63) is 51.8 Å². The van der Waals surface area contributed by atoms with Gasteiger partial charge in [-0.1, -0.05) is 19.9 Å². The molecule has 3 rings (SSSR count). The number of benzene rings is 1. The van der Waals surface area contributed by atoms with Crippen molar-refractivity contribution in [3.63, 3.8) is 0 Å². The quantitative estimate of drug-likeness (QED) is 0.409.